The van der Waals surface area contributed by atoms with Crippen molar-refractivity contribution < 1.29 is 14.0 Å². The van der Waals surface area contributed by atoms with Crippen LogP contribution in [-0.4, -0.2) is 27.8 Å². The van der Waals surface area contributed by atoms with Crippen LogP contribution in [0.5, 0.6) is 0 Å². The highest BCUT2D eigenvalue weighted by molar-refractivity contribution is 5.22. The van der Waals surface area contributed by atoms with Crippen molar-refractivity contribution in [1.82, 2.24) is 10.1 Å². The van der Waals surface area contributed by atoms with E-state index in [0.717, 1.165) is 17.0 Å². The summed E-state index contributed by atoms with van der Waals surface area (Å²) in [4.78, 5) is 2.10. The smallest absolute Gasteiger partial charge is 0.150 e. The Morgan fingerprint density at radius 3 is 3.00 bits per heavy atom. The van der Waals surface area contributed by atoms with Crippen molar-refractivity contribution in [3.05, 3.63) is 53.2 Å². The molecule has 20 heavy (non-hydrogen) atoms. The molecule has 0 radical (unpaired) electrons. The summed E-state index contributed by atoms with van der Waals surface area (Å²) in [5.41, 5.74) is 1.72. The molecule has 1 fully saturated rings. The van der Waals surface area contributed by atoms with Crippen molar-refractivity contribution in [2.75, 3.05) is 6.54 Å². The van der Waals surface area contributed by atoms with E-state index in [2.05, 4.69) is 10.1 Å². The Morgan fingerprint density at radius 1 is 1.45 bits per heavy atom. The van der Waals surface area contributed by atoms with Gasteiger partial charge in [0, 0.05) is 18.7 Å². The number of likely N-dealkylation sites (tertiary alicyclic amines) is 1. The number of benzene rings is 1. The second-order valence-electron chi connectivity index (χ2n) is 5.32. The van der Waals surface area contributed by atoms with Crippen molar-refractivity contribution in [2.24, 2.45) is 0 Å². The molecule has 0 saturated carbocycles. The van der Waals surface area contributed by atoms with E-state index in [0.29, 0.717) is 19.5 Å². The predicted octanol–water partition coefficient (Wildman–Crippen LogP) is 2.43. The Labute approximate surface area is 116 Å². The zero-order chi connectivity index (χ0) is 14.1. The van der Waals surface area contributed by atoms with Crippen LogP contribution < -0.4 is 0 Å². The van der Waals surface area contributed by atoms with Crippen molar-refractivity contribution in [3.63, 3.8) is 0 Å². The molecule has 0 spiro atoms. The fourth-order valence-corrected chi connectivity index (χ4v) is 2.81. The molecule has 2 aromatic rings. The maximum Gasteiger partial charge on any atom is 0.150 e. The van der Waals surface area contributed by atoms with Gasteiger partial charge in [0.2, 0.25) is 0 Å². The molecule has 2 atom stereocenters. The highest BCUT2D eigenvalue weighted by Gasteiger charge is 2.32. The second kappa shape index (κ2) is 5.34. The van der Waals surface area contributed by atoms with Crippen molar-refractivity contribution in [1.29, 1.82) is 0 Å². The molecule has 1 aromatic heterocycles. The maximum atomic E-state index is 13.4. The van der Waals surface area contributed by atoms with Crippen LogP contribution in [0.4, 0.5) is 4.39 Å². The highest BCUT2D eigenvalue weighted by Crippen LogP contribution is 2.33. The first-order valence-electron chi connectivity index (χ1n) is 6.71. The standard InChI is InChI=1S/C15H17FN2O2/c1-10-5-14(20-17-10)9-18-8-13(19)7-15(18)11-3-2-4-12(16)6-11/h2-6,13,15,19H,7-9H2,1H3/t13-,15+/m1/s1. The Bertz CT molecular complexity index is 599. The van der Waals surface area contributed by atoms with Gasteiger partial charge >= 0.3 is 0 Å². The summed E-state index contributed by atoms with van der Waals surface area (Å²) in [5, 5.41) is 13.8. The zero-order valence-corrected chi connectivity index (χ0v) is 11.3. The SMILES string of the molecule is Cc1cc(CN2C[C@H](O)C[C@H]2c2cccc(F)c2)on1. The third-order valence-corrected chi connectivity index (χ3v) is 3.65. The molecule has 1 N–H and O–H groups in total. The first-order chi connectivity index (χ1) is 9.61. The lowest BCUT2D eigenvalue weighted by molar-refractivity contribution is 0.166. The van der Waals surface area contributed by atoms with E-state index < -0.39 is 6.10 Å². The molecular formula is C15H17FN2O2. The van der Waals surface area contributed by atoms with E-state index in [1.807, 2.05) is 19.1 Å². The number of halogens is 1. The molecule has 1 aliphatic heterocycles. The molecule has 0 aliphatic carbocycles. The molecule has 3 rings (SSSR count). The lowest BCUT2D eigenvalue weighted by Gasteiger charge is -2.23. The number of β-amino-alcohol motifs (C(OH)–C–C–N with tert-alkyl or cyclic N) is 1. The van der Waals surface area contributed by atoms with Crippen molar-refractivity contribution in [3.8, 4) is 0 Å². The molecule has 2 heterocycles. The van der Waals surface area contributed by atoms with Crippen LogP contribution in [0.2, 0.25) is 0 Å². The third-order valence-electron chi connectivity index (χ3n) is 3.65. The minimum absolute atomic E-state index is 0.00565. The lowest BCUT2D eigenvalue weighted by Crippen LogP contribution is -2.24. The number of rotatable bonds is 3. The van der Waals surface area contributed by atoms with E-state index in [9.17, 15) is 9.50 Å². The van der Waals surface area contributed by atoms with Gasteiger partial charge in [-0.1, -0.05) is 17.3 Å². The summed E-state index contributed by atoms with van der Waals surface area (Å²) in [5.74, 6) is 0.511. The van der Waals surface area contributed by atoms with Crippen LogP contribution >= 0.6 is 0 Å². The van der Waals surface area contributed by atoms with Crippen LogP contribution in [0.3, 0.4) is 0 Å². The number of hydrogen-bond acceptors (Lipinski definition) is 4. The average Bonchev–Trinajstić information content (AvgIpc) is 2.96. The van der Waals surface area contributed by atoms with Crippen LogP contribution in [-0.2, 0) is 6.54 Å². The number of hydrogen-bond donors (Lipinski definition) is 1. The molecule has 1 saturated heterocycles. The molecule has 1 aromatic carbocycles. The molecule has 0 bridgehead atoms. The molecule has 4 nitrogen and oxygen atoms in total. The van der Waals surface area contributed by atoms with E-state index in [1.54, 1.807) is 6.07 Å². The first kappa shape index (κ1) is 13.3. The number of aryl methyl sites for hydroxylation is 1. The van der Waals surface area contributed by atoms with Crippen LogP contribution in [0.15, 0.2) is 34.9 Å². The molecule has 106 valence electrons. The van der Waals surface area contributed by atoms with Gasteiger partial charge in [0.1, 0.15) is 5.82 Å². The minimum atomic E-state index is -0.396. The third kappa shape index (κ3) is 2.73. The number of aliphatic hydroxyl groups is 1. The van der Waals surface area contributed by atoms with Crippen LogP contribution in [0, 0.1) is 12.7 Å². The highest BCUT2D eigenvalue weighted by atomic mass is 19.1. The fraction of sp³-hybridized carbons (Fsp3) is 0.400. The Kier molecular flexibility index (Phi) is 3.54. The van der Waals surface area contributed by atoms with E-state index in [-0.39, 0.29) is 11.9 Å². The number of aromatic nitrogens is 1. The number of aliphatic hydroxyl groups excluding tert-OH is 1. The summed E-state index contributed by atoms with van der Waals surface area (Å²) in [7, 11) is 0. The summed E-state index contributed by atoms with van der Waals surface area (Å²) < 4.78 is 18.6. The summed E-state index contributed by atoms with van der Waals surface area (Å²) in [6, 6.07) is 8.44. The normalized spacial score (nSPS) is 23.4. The first-order valence-corrected chi connectivity index (χ1v) is 6.71. The largest absolute Gasteiger partial charge is 0.392 e. The summed E-state index contributed by atoms with van der Waals surface area (Å²) in [6.07, 6.45) is 0.212. The average molecular weight is 276 g/mol. The Morgan fingerprint density at radius 2 is 2.30 bits per heavy atom. The van der Waals surface area contributed by atoms with Gasteiger partial charge < -0.3 is 9.63 Å². The quantitative estimate of drug-likeness (QED) is 0.935. The van der Waals surface area contributed by atoms with Gasteiger partial charge in [-0.3, -0.25) is 4.90 Å². The van der Waals surface area contributed by atoms with Gasteiger partial charge in [-0.25, -0.2) is 4.39 Å². The lowest BCUT2D eigenvalue weighted by atomic mass is 10.0. The van der Waals surface area contributed by atoms with Gasteiger partial charge in [0.05, 0.1) is 18.3 Å². The van der Waals surface area contributed by atoms with Gasteiger partial charge in [0.25, 0.3) is 0 Å². The zero-order valence-electron chi connectivity index (χ0n) is 11.3. The van der Waals surface area contributed by atoms with Gasteiger partial charge in [-0.2, -0.15) is 0 Å². The Hall–Kier alpha value is -1.72. The monoisotopic (exact) mass is 276 g/mol. The molecule has 1 aliphatic rings. The van der Waals surface area contributed by atoms with E-state index >= 15 is 0 Å². The summed E-state index contributed by atoms with van der Waals surface area (Å²) >= 11 is 0. The summed E-state index contributed by atoms with van der Waals surface area (Å²) in [6.45, 7) is 3.00. The van der Waals surface area contributed by atoms with E-state index in [1.165, 1.54) is 12.1 Å². The van der Waals surface area contributed by atoms with E-state index in [4.69, 9.17) is 4.52 Å². The van der Waals surface area contributed by atoms with Crippen molar-refractivity contribution in [2.45, 2.75) is 32.0 Å². The topological polar surface area (TPSA) is 49.5 Å². The van der Waals surface area contributed by atoms with Crippen LogP contribution in [0.1, 0.15) is 29.5 Å². The van der Waals surface area contributed by atoms with Crippen molar-refractivity contribution >= 4 is 0 Å². The maximum absolute atomic E-state index is 13.4. The molecule has 0 amide bonds. The Balaban J connectivity index is 1.81. The molecule has 5 heteroatoms. The predicted molar refractivity (Wildman–Crippen MR) is 71.4 cm³/mol. The second-order valence-corrected chi connectivity index (χ2v) is 5.32. The van der Waals surface area contributed by atoms with Gasteiger partial charge in [-0.15, -0.1) is 0 Å². The fourth-order valence-electron chi connectivity index (χ4n) is 2.81. The van der Waals surface area contributed by atoms with Crippen LogP contribution in [0.25, 0.3) is 0 Å². The number of nitrogens with zero attached hydrogens (tertiary/aromatic N) is 2. The van der Waals surface area contributed by atoms with Gasteiger partial charge in [0.15, 0.2) is 5.76 Å². The minimum Gasteiger partial charge on any atom is -0.392 e. The molecule has 0 unspecified atom stereocenters. The molecular weight excluding hydrogens is 259 g/mol. The van der Waals surface area contributed by atoms with Gasteiger partial charge in [-0.05, 0) is 31.0 Å².